The molecule has 65 heavy (non-hydrogen) atoms. The van der Waals surface area contributed by atoms with Crippen LogP contribution in [-0.2, 0) is 0 Å². The van der Waals surface area contributed by atoms with Crippen molar-refractivity contribution in [2.45, 2.75) is 0 Å². The molecule has 4 heteroatoms. The first kappa shape index (κ1) is 39.1. The van der Waals surface area contributed by atoms with Crippen molar-refractivity contribution in [3.05, 3.63) is 255 Å². The third-order valence-corrected chi connectivity index (χ3v) is 11.9. The lowest BCUT2D eigenvalue weighted by atomic mass is 9.94. The van der Waals surface area contributed by atoms with E-state index in [1.165, 1.54) is 22.3 Å². The Morgan fingerprint density at radius 3 is 1.18 bits per heavy atom. The van der Waals surface area contributed by atoms with Gasteiger partial charge in [-0.1, -0.05) is 206 Å². The van der Waals surface area contributed by atoms with Gasteiger partial charge in [0.25, 0.3) is 0 Å². The van der Waals surface area contributed by atoms with E-state index in [0.717, 1.165) is 66.8 Å². The number of aromatic nitrogens is 3. The van der Waals surface area contributed by atoms with Crippen molar-refractivity contribution in [2.24, 2.45) is 0 Å². The fourth-order valence-corrected chi connectivity index (χ4v) is 8.68. The average Bonchev–Trinajstić information content (AvgIpc) is 3.40. The number of anilines is 3. The molecule has 1 aromatic heterocycles. The van der Waals surface area contributed by atoms with Gasteiger partial charge in [0.1, 0.15) is 0 Å². The molecule has 0 unspecified atom stereocenters. The van der Waals surface area contributed by atoms with E-state index in [4.69, 9.17) is 15.0 Å². The maximum atomic E-state index is 5.20. The normalized spacial score (nSPS) is 11.1. The Morgan fingerprint density at radius 2 is 0.600 bits per heavy atom. The molecular formula is C61H42N4. The van der Waals surface area contributed by atoms with E-state index >= 15 is 0 Å². The minimum atomic E-state index is 0.628. The van der Waals surface area contributed by atoms with Crippen molar-refractivity contribution in [1.29, 1.82) is 0 Å². The zero-order chi connectivity index (χ0) is 43.4. The molecule has 0 saturated carbocycles. The van der Waals surface area contributed by atoms with Crippen LogP contribution >= 0.6 is 0 Å². The Kier molecular flexibility index (Phi) is 10.6. The van der Waals surface area contributed by atoms with Crippen molar-refractivity contribution < 1.29 is 0 Å². The molecule has 11 aromatic rings. The quantitative estimate of drug-likeness (QED) is 0.138. The van der Waals surface area contributed by atoms with Gasteiger partial charge in [-0.15, -0.1) is 0 Å². The molecule has 0 saturated heterocycles. The fraction of sp³-hybridized carbons (Fsp3) is 0. The monoisotopic (exact) mass is 830 g/mol. The third-order valence-electron chi connectivity index (χ3n) is 11.9. The van der Waals surface area contributed by atoms with Crippen LogP contribution in [0.25, 0.3) is 89.4 Å². The van der Waals surface area contributed by atoms with E-state index < -0.39 is 0 Å². The van der Waals surface area contributed by atoms with Crippen LogP contribution < -0.4 is 4.90 Å². The highest BCUT2D eigenvalue weighted by Gasteiger charge is 2.18. The molecule has 0 aliphatic carbocycles. The summed E-state index contributed by atoms with van der Waals surface area (Å²) in [4.78, 5) is 17.7. The first-order valence-corrected chi connectivity index (χ1v) is 21.9. The predicted molar refractivity (Wildman–Crippen MR) is 270 cm³/mol. The van der Waals surface area contributed by atoms with Gasteiger partial charge in [-0.2, -0.15) is 0 Å². The number of fused-ring (bicyclic) bond motifs is 1. The lowest BCUT2D eigenvalue weighted by molar-refractivity contribution is 1.08. The second-order valence-electron chi connectivity index (χ2n) is 16.0. The predicted octanol–water partition coefficient (Wildman–Crippen LogP) is 16.2. The highest BCUT2D eigenvalue weighted by molar-refractivity contribution is 6.04. The summed E-state index contributed by atoms with van der Waals surface area (Å²) in [5, 5.41) is 2.19. The molecule has 0 N–H and O–H groups in total. The summed E-state index contributed by atoms with van der Waals surface area (Å²) in [7, 11) is 0. The van der Waals surface area contributed by atoms with Crippen molar-refractivity contribution in [2.75, 3.05) is 4.90 Å². The van der Waals surface area contributed by atoms with Gasteiger partial charge in [0, 0.05) is 33.8 Å². The largest absolute Gasteiger partial charge is 0.310 e. The molecule has 1 heterocycles. The summed E-state index contributed by atoms with van der Waals surface area (Å²) in [5.74, 6) is 1.89. The zero-order valence-electron chi connectivity index (χ0n) is 35.5. The Bertz CT molecular complexity index is 3390. The van der Waals surface area contributed by atoms with Crippen LogP contribution in [0, 0.1) is 0 Å². The molecule has 306 valence electrons. The Hall–Kier alpha value is -8.73. The molecule has 0 aliphatic heterocycles. The van der Waals surface area contributed by atoms with Gasteiger partial charge in [-0.3, -0.25) is 0 Å². The smallest absolute Gasteiger partial charge is 0.164 e. The molecule has 0 fully saturated rings. The van der Waals surface area contributed by atoms with Gasteiger partial charge < -0.3 is 4.90 Å². The van der Waals surface area contributed by atoms with Crippen LogP contribution in [0.15, 0.2) is 255 Å². The number of nitrogens with zero attached hydrogens (tertiary/aromatic N) is 4. The number of benzene rings is 10. The van der Waals surface area contributed by atoms with E-state index in [0.29, 0.717) is 17.5 Å². The second kappa shape index (κ2) is 17.6. The van der Waals surface area contributed by atoms with Gasteiger partial charge in [-0.25, -0.2) is 15.0 Å². The van der Waals surface area contributed by atoms with E-state index in [1.807, 2.05) is 24.3 Å². The summed E-state index contributed by atoms with van der Waals surface area (Å²) >= 11 is 0. The number of hydrogen-bond acceptors (Lipinski definition) is 4. The molecule has 0 aliphatic rings. The van der Waals surface area contributed by atoms with Gasteiger partial charge in [0.15, 0.2) is 17.5 Å². The summed E-state index contributed by atoms with van der Waals surface area (Å²) in [6.45, 7) is 0. The Morgan fingerprint density at radius 1 is 0.215 bits per heavy atom. The molecule has 10 aromatic carbocycles. The summed E-state index contributed by atoms with van der Waals surface area (Å²) < 4.78 is 0. The highest BCUT2D eigenvalue weighted by Crippen LogP contribution is 2.41. The first-order chi connectivity index (χ1) is 32.2. The lowest BCUT2D eigenvalue weighted by Crippen LogP contribution is -2.10. The van der Waals surface area contributed by atoms with Gasteiger partial charge in [-0.05, 0) is 104 Å². The van der Waals surface area contributed by atoms with E-state index in [-0.39, 0.29) is 0 Å². The molecule has 0 bridgehead atoms. The van der Waals surface area contributed by atoms with Gasteiger partial charge in [0.05, 0.1) is 0 Å². The minimum absolute atomic E-state index is 0.628. The average molecular weight is 831 g/mol. The first-order valence-electron chi connectivity index (χ1n) is 21.9. The molecule has 0 amide bonds. The van der Waals surface area contributed by atoms with Crippen molar-refractivity contribution in [3.63, 3.8) is 0 Å². The lowest BCUT2D eigenvalue weighted by Gasteiger charge is -2.26. The topological polar surface area (TPSA) is 41.9 Å². The Balaban J connectivity index is 0.987. The summed E-state index contributed by atoms with van der Waals surface area (Å²) in [5.41, 5.74) is 15.3. The van der Waals surface area contributed by atoms with E-state index in [9.17, 15) is 0 Å². The maximum absolute atomic E-state index is 5.20. The van der Waals surface area contributed by atoms with E-state index in [2.05, 4.69) is 235 Å². The van der Waals surface area contributed by atoms with Gasteiger partial charge >= 0.3 is 0 Å². The van der Waals surface area contributed by atoms with Crippen molar-refractivity contribution >= 4 is 27.8 Å². The van der Waals surface area contributed by atoms with Crippen LogP contribution in [0.1, 0.15) is 0 Å². The summed E-state index contributed by atoms with van der Waals surface area (Å²) in [6.07, 6.45) is 0. The second-order valence-corrected chi connectivity index (χ2v) is 16.0. The molecule has 0 radical (unpaired) electrons. The van der Waals surface area contributed by atoms with E-state index in [1.54, 1.807) is 0 Å². The standard InChI is InChI=1S/C61H42N4/c1-5-17-43(18-6-1)46-31-35-52(36-32-46)65(54-28-16-26-50(42-54)45-21-9-3-10-22-45)53-37-33-47(34-38-53)55-39-40-58(57-30-14-13-29-56(55)57)61-63-59(48-23-11-4-12-24-48)62-60(64-61)51-27-15-25-49(41-51)44-19-7-2-8-20-44/h1-42H. The molecule has 4 nitrogen and oxygen atoms in total. The maximum Gasteiger partial charge on any atom is 0.164 e. The Labute approximate surface area is 379 Å². The molecule has 11 rings (SSSR count). The van der Waals surface area contributed by atoms with Gasteiger partial charge in [0.2, 0.25) is 0 Å². The van der Waals surface area contributed by atoms with Crippen molar-refractivity contribution in [1.82, 2.24) is 15.0 Å². The highest BCUT2D eigenvalue weighted by atomic mass is 15.1. The van der Waals surface area contributed by atoms with Crippen LogP contribution in [0.5, 0.6) is 0 Å². The summed E-state index contributed by atoms with van der Waals surface area (Å²) in [6, 6.07) is 89.6. The number of hydrogen-bond donors (Lipinski definition) is 0. The fourth-order valence-electron chi connectivity index (χ4n) is 8.68. The molecular weight excluding hydrogens is 789 g/mol. The molecule has 0 atom stereocenters. The molecule has 0 spiro atoms. The SMILES string of the molecule is c1ccc(-c2ccc(N(c3ccc(-c4ccc(-c5nc(-c6ccccc6)nc(-c6cccc(-c7ccccc7)c6)n5)c5ccccc45)cc3)c3cccc(-c4ccccc4)c3)cc2)cc1. The number of rotatable bonds is 10. The zero-order valence-corrected chi connectivity index (χ0v) is 35.5. The van der Waals surface area contributed by atoms with Crippen molar-refractivity contribution in [3.8, 4) is 78.7 Å². The minimum Gasteiger partial charge on any atom is -0.310 e. The van der Waals surface area contributed by atoms with Crippen LogP contribution in [0.2, 0.25) is 0 Å². The van der Waals surface area contributed by atoms with Crippen LogP contribution in [0.3, 0.4) is 0 Å². The third kappa shape index (κ3) is 8.09. The van der Waals surface area contributed by atoms with Crippen LogP contribution in [0.4, 0.5) is 17.1 Å². The van der Waals surface area contributed by atoms with Crippen LogP contribution in [-0.4, -0.2) is 15.0 Å².